The first-order chi connectivity index (χ1) is 8.74. The summed E-state index contributed by atoms with van der Waals surface area (Å²) < 4.78 is 0. The van der Waals surface area contributed by atoms with E-state index < -0.39 is 4.92 Å². The Labute approximate surface area is 106 Å². The van der Waals surface area contributed by atoms with Crippen LogP contribution >= 0.6 is 11.3 Å². The molecule has 0 aliphatic heterocycles. The van der Waals surface area contributed by atoms with Crippen molar-refractivity contribution in [1.82, 2.24) is 9.97 Å². The Morgan fingerprint density at radius 1 is 1.17 bits per heavy atom. The van der Waals surface area contributed by atoms with E-state index in [9.17, 15) is 10.1 Å². The lowest BCUT2D eigenvalue weighted by atomic mass is 10.2. The topological polar surface area (TPSA) is 68.9 Å². The molecule has 0 atom stereocenters. The highest BCUT2D eigenvalue weighted by Gasteiger charge is 2.12. The molecule has 0 amide bonds. The summed E-state index contributed by atoms with van der Waals surface area (Å²) in [6.07, 6.45) is 1.73. The fourth-order valence-electron chi connectivity index (χ4n) is 1.64. The summed E-state index contributed by atoms with van der Waals surface area (Å²) in [4.78, 5) is 19.5. The van der Waals surface area contributed by atoms with Gasteiger partial charge in [0.1, 0.15) is 0 Å². The third kappa shape index (κ3) is 1.82. The lowest BCUT2D eigenvalue weighted by Crippen LogP contribution is -1.87. The van der Waals surface area contributed by atoms with E-state index in [2.05, 4.69) is 9.97 Å². The molecule has 6 heteroatoms. The van der Waals surface area contributed by atoms with Crippen molar-refractivity contribution in [2.75, 3.05) is 0 Å². The third-order valence-electron chi connectivity index (χ3n) is 2.48. The van der Waals surface area contributed by atoms with Crippen LogP contribution in [0.25, 0.3) is 21.6 Å². The number of rotatable bonds is 2. The lowest BCUT2D eigenvalue weighted by molar-refractivity contribution is -0.380. The molecule has 0 N–H and O–H groups in total. The second-order valence-electron chi connectivity index (χ2n) is 3.65. The summed E-state index contributed by atoms with van der Waals surface area (Å²) in [6, 6.07) is 10.8. The molecule has 0 aliphatic carbocycles. The van der Waals surface area contributed by atoms with E-state index in [0.29, 0.717) is 10.7 Å². The van der Waals surface area contributed by atoms with Crippen molar-refractivity contribution < 1.29 is 4.92 Å². The number of fused-ring (bicyclic) bond motifs is 1. The van der Waals surface area contributed by atoms with Gasteiger partial charge in [0.05, 0.1) is 15.3 Å². The number of benzene rings is 1. The van der Waals surface area contributed by atoms with Gasteiger partial charge in [0.25, 0.3) is 0 Å². The van der Waals surface area contributed by atoms with E-state index in [-0.39, 0.29) is 5.00 Å². The van der Waals surface area contributed by atoms with Crippen molar-refractivity contribution in [1.29, 1.82) is 0 Å². The maximum absolute atomic E-state index is 10.6. The van der Waals surface area contributed by atoms with Crippen LogP contribution < -0.4 is 0 Å². The van der Waals surface area contributed by atoms with Gasteiger partial charge in [-0.25, -0.2) is 9.97 Å². The Balaban J connectivity index is 2.10. The standard InChI is InChI=1S/C12H7N3O2S/c16-15(17)11-6-5-10(18-11)12-13-7-8-3-1-2-4-9(8)14-12/h1-7H. The molecule has 18 heavy (non-hydrogen) atoms. The van der Waals surface area contributed by atoms with Gasteiger partial charge in [-0.2, -0.15) is 0 Å². The van der Waals surface area contributed by atoms with E-state index in [4.69, 9.17) is 0 Å². The average Bonchev–Trinajstić information content (AvgIpc) is 2.88. The predicted molar refractivity (Wildman–Crippen MR) is 69.5 cm³/mol. The third-order valence-corrected chi connectivity index (χ3v) is 3.51. The molecule has 0 bridgehead atoms. The van der Waals surface area contributed by atoms with Crippen LogP contribution in [-0.2, 0) is 0 Å². The predicted octanol–water partition coefficient (Wildman–Crippen LogP) is 3.27. The van der Waals surface area contributed by atoms with Gasteiger partial charge in [0.2, 0.25) is 0 Å². The maximum Gasteiger partial charge on any atom is 0.324 e. The van der Waals surface area contributed by atoms with Crippen LogP contribution in [0.4, 0.5) is 5.00 Å². The fourth-order valence-corrected chi connectivity index (χ4v) is 2.40. The van der Waals surface area contributed by atoms with Gasteiger partial charge in [0, 0.05) is 17.6 Å². The number of nitro groups is 1. The quantitative estimate of drug-likeness (QED) is 0.522. The first-order valence-corrected chi connectivity index (χ1v) is 6.02. The van der Waals surface area contributed by atoms with Gasteiger partial charge in [-0.15, -0.1) is 0 Å². The molecule has 3 aromatic rings. The summed E-state index contributed by atoms with van der Waals surface area (Å²) in [7, 11) is 0. The second kappa shape index (κ2) is 4.15. The summed E-state index contributed by atoms with van der Waals surface area (Å²) >= 11 is 1.08. The van der Waals surface area contributed by atoms with E-state index in [1.54, 1.807) is 12.3 Å². The van der Waals surface area contributed by atoms with Gasteiger partial charge >= 0.3 is 5.00 Å². The molecule has 3 rings (SSSR count). The summed E-state index contributed by atoms with van der Waals surface area (Å²) in [5.74, 6) is 0.520. The van der Waals surface area contributed by atoms with E-state index in [1.807, 2.05) is 24.3 Å². The molecule has 0 saturated heterocycles. The smallest absolute Gasteiger partial charge is 0.258 e. The molecular formula is C12H7N3O2S. The average molecular weight is 257 g/mol. The van der Waals surface area contributed by atoms with Crippen LogP contribution in [0.15, 0.2) is 42.6 Å². The molecule has 1 aromatic carbocycles. The zero-order valence-electron chi connectivity index (χ0n) is 9.11. The largest absolute Gasteiger partial charge is 0.324 e. The highest BCUT2D eigenvalue weighted by atomic mass is 32.1. The monoisotopic (exact) mass is 257 g/mol. The highest BCUT2D eigenvalue weighted by Crippen LogP contribution is 2.30. The van der Waals surface area contributed by atoms with Crippen LogP contribution in [0.3, 0.4) is 0 Å². The molecule has 5 nitrogen and oxygen atoms in total. The first-order valence-electron chi connectivity index (χ1n) is 5.20. The zero-order valence-corrected chi connectivity index (χ0v) is 9.92. The second-order valence-corrected chi connectivity index (χ2v) is 4.71. The Hall–Kier alpha value is -2.34. The minimum Gasteiger partial charge on any atom is -0.258 e. The maximum atomic E-state index is 10.6. The summed E-state index contributed by atoms with van der Waals surface area (Å²) in [6.45, 7) is 0. The minimum atomic E-state index is -0.408. The Kier molecular flexibility index (Phi) is 2.49. The van der Waals surface area contributed by atoms with Crippen molar-refractivity contribution in [3.05, 3.63) is 52.7 Å². The van der Waals surface area contributed by atoms with Crippen LogP contribution in [0.1, 0.15) is 0 Å². The molecule has 0 radical (unpaired) electrons. The molecule has 0 fully saturated rings. The Morgan fingerprint density at radius 3 is 2.78 bits per heavy atom. The molecule has 0 saturated carbocycles. The number of aromatic nitrogens is 2. The van der Waals surface area contributed by atoms with E-state index in [1.165, 1.54) is 6.07 Å². The molecule has 2 heterocycles. The number of hydrogen-bond acceptors (Lipinski definition) is 5. The van der Waals surface area contributed by atoms with Crippen molar-refractivity contribution in [2.24, 2.45) is 0 Å². The zero-order chi connectivity index (χ0) is 12.5. The van der Waals surface area contributed by atoms with E-state index in [0.717, 1.165) is 22.2 Å². The number of thiophene rings is 1. The molecule has 2 aromatic heterocycles. The van der Waals surface area contributed by atoms with Crippen molar-refractivity contribution in [2.45, 2.75) is 0 Å². The first kappa shape index (κ1) is 10.8. The summed E-state index contributed by atoms with van der Waals surface area (Å²) in [5.41, 5.74) is 0.832. The van der Waals surface area contributed by atoms with Gasteiger partial charge in [0.15, 0.2) is 5.82 Å². The van der Waals surface area contributed by atoms with Gasteiger partial charge in [-0.1, -0.05) is 29.5 Å². The van der Waals surface area contributed by atoms with Gasteiger partial charge < -0.3 is 0 Å². The molecule has 0 unspecified atom stereocenters. The van der Waals surface area contributed by atoms with Crippen molar-refractivity contribution in [3.63, 3.8) is 0 Å². The van der Waals surface area contributed by atoms with Gasteiger partial charge in [-0.05, 0) is 12.1 Å². The number of nitrogens with zero attached hydrogens (tertiary/aromatic N) is 3. The Morgan fingerprint density at radius 2 is 2.00 bits per heavy atom. The fraction of sp³-hybridized carbons (Fsp3) is 0. The SMILES string of the molecule is O=[N+]([O-])c1ccc(-c2ncc3ccccc3n2)s1. The number of para-hydroxylation sites is 1. The lowest BCUT2D eigenvalue weighted by Gasteiger charge is -1.98. The highest BCUT2D eigenvalue weighted by molar-refractivity contribution is 7.18. The molecular weight excluding hydrogens is 250 g/mol. The Bertz CT molecular complexity index is 739. The molecule has 0 spiro atoms. The van der Waals surface area contributed by atoms with Crippen molar-refractivity contribution in [3.8, 4) is 10.7 Å². The van der Waals surface area contributed by atoms with Crippen LogP contribution in [0.2, 0.25) is 0 Å². The molecule has 0 aliphatic rings. The van der Waals surface area contributed by atoms with Gasteiger partial charge in [-0.3, -0.25) is 10.1 Å². The van der Waals surface area contributed by atoms with Crippen LogP contribution in [0, 0.1) is 10.1 Å². The summed E-state index contributed by atoms with van der Waals surface area (Å²) in [5, 5.41) is 11.7. The van der Waals surface area contributed by atoms with E-state index >= 15 is 0 Å². The molecule has 88 valence electrons. The van der Waals surface area contributed by atoms with Crippen LogP contribution in [-0.4, -0.2) is 14.9 Å². The minimum absolute atomic E-state index is 0.0989. The normalized spacial score (nSPS) is 10.7. The van der Waals surface area contributed by atoms with Crippen LogP contribution in [0.5, 0.6) is 0 Å². The number of hydrogen-bond donors (Lipinski definition) is 0. The van der Waals surface area contributed by atoms with Crippen molar-refractivity contribution >= 4 is 27.2 Å².